The van der Waals surface area contributed by atoms with Gasteiger partial charge in [-0.1, -0.05) is 30.7 Å². The summed E-state index contributed by atoms with van der Waals surface area (Å²) >= 11 is 7.77. The second-order valence-corrected chi connectivity index (χ2v) is 6.60. The van der Waals surface area contributed by atoms with Crippen molar-refractivity contribution in [3.63, 3.8) is 0 Å². The van der Waals surface area contributed by atoms with E-state index in [-0.39, 0.29) is 0 Å². The molecule has 1 heterocycles. The fraction of sp³-hybridized carbons (Fsp3) is 0.375. The highest BCUT2D eigenvalue weighted by Gasteiger charge is 2.08. The molecule has 6 heteroatoms. The van der Waals surface area contributed by atoms with Gasteiger partial charge in [0, 0.05) is 36.7 Å². The van der Waals surface area contributed by atoms with E-state index in [1.165, 1.54) is 4.88 Å². The predicted octanol–water partition coefficient (Wildman–Crippen LogP) is 3.57. The molecule has 0 amide bonds. The molecule has 0 fully saturated rings. The third-order valence-corrected chi connectivity index (χ3v) is 4.61. The van der Waals surface area contributed by atoms with Gasteiger partial charge < -0.3 is 10.2 Å². The fourth-order valence-electron chi connectivity index (χ4n) is 2.12. The van der Waals surface area contributed by atoms with Gasteiger partial charge in [0.05, 0.1) is 6.54 Å². The number of nitrogens with one attached hydrogen (secondary N) is 1. The molecule has 0 radical (unpaired) electrons. The normalized spacial score (nSPS) is 11.5. The van der Waals surface area contributed by atoms with Crippen LogP contribution in [0.1, 0.15) is 22.4 Å². The largest absolute Gasteiger partial charge is 0.350 e. The molecule has 0 atom stereocenters. The van der Waals surface area contributed by atoms with Crippen LogP contribution in [0.15, 0.2) is 35.5 Å². The highest BCUT2D eigenvalue weighted by molar-refractivity contribution is 7.11. The molecule has 0 saturated carbocycles. The standard InChI is InChI=1S/C16H21ClN4S/c1-4-14-9-19-15(22-14)10-20-16(18-2)21(3)11-12-6-5-7-13(17)8-12/h5-9H,4,10-11H2,1-3H3,(H,18,20). The van der Waals surface area contributed by atoms with Gasteiger partial charge in [-0.3, -0.25) is 4.99 Å². The lowest BCUT2D eigenvalue weighted by atomic mass is 10.2. The fourth-order valence-corrected chi connectivity index (χ4v) is 3.13. The van der Waals surface area contributed by atoms with Gasteiger partial charge in [-0.15, -0.1) is 11.3 Å². The van der Waals surface area contributed by atoms with Gasteiger partial charge in [0.15, 0.2) is 5.96 Å². The van der Waals surface area contributed by atoms with Crippen LogP contribution in [0, 0.1) is 0 Å². The summed E-state index contributed by atoms with van der Waals surface area (Å²) in [6.07, 6.45) is 2.97. The van der Waals surface area contributed by atoms with Crippen LogP contribution in [0.2, 0.25) is 5.02 Å². The molecule has 22 heavy (non-hydrogen) atoms. The van der Waals surface area contributed by atoms with Crippen molar-refractivity contribution in [2.45, 2.75) is 26.4 Å². The Hall–Kier alpha value is -1.59. The number of aryl methyl sites for hydroxylation is 1. The quantitative estimate of drug-likeness (QED) is 0.670. The van der Waals surface area contributed by atoms with Crippen molar-refractivity contribution < 1.29 is 0 Å². The number of nitrogens with zero attached hydrogens (tertiary/aromatic N) is 3. The number of guanidine groups is 1. The maximum atomic E-state index is 6.03. The number of benzene rings is 1. The van der Waals surface area contributed by atoms with E-state index < -0.39 is 0 Å². The van der Waals surface area contributed by atoms with E-state index in [0.29, 0.717) is 6.54 Å². The van der Waals surface area contributed by atoms with Crippen molar-refractivity contribution in [3.8, 4) is 0 Å². The lowest BCUT2D eigenvalue weighted by Gasteiger charge is -2.21. The summed E-state index contributed by atoms with van der Waals surface area (Å²) in [5.41, 5.74) is 1.15. The van der Waals surface area contributed by atoms with Crippen LogP contribution >= 0.6 is 22.9 Å². The Labute approximate surface area is 140 Å². The zero-order chi connectivity index (χ0) is 15.9. The van der Waals surface area contributed by atoms with E-state index in [1.54, 1.807) is 18.4 Å². The third kappa shape index (κ3) is 4.71. The Morgan fingerprint density at radius 1 is 1.45 bits per heavy atom. The van der Waals surface area contributed by atoms with E-state index in [1.807, 2.05) is 31.4 Å². The molecule has 4 nitrogen and oxygen atoms in total. The number of hydrogen-bond acceptors (Lipinski definition) is 3. The Morgan fingerprint density at radius 3 is 2.91 bits per heavy atom. The highest BCUT2D eigenvalue weighted by Crippen LogP contribution is 2.14. The molecule has 1 aromatic carbocycles. The van der Waals surface area contributed by atoms with Crippen LogP contribution in [0.25, 0.3) is 0 Å². The minimum absolute atomic E-state index is 0.692. The minimum atomic E-state index is 0.692. The summed E-state index contributed by atoms with van der Waals surface area (Å²) < 4.78 is 0. The second kappa shape index (κ2) is 8.15. The zero-order valence-corrected chi connectivity index (χ0v) is 14.7. The number of hydrogen-bond donors (Lipinski definition) is 1. The number of halogens is 1. The molecule has 118 valence electrons. The molecule has 1 N–H and O–H groups in total. The average Bonchev–Trinajstić information content (AvgIpc) is 2.96. The summed E-state index contributed by atoms with van der Waals surface area (Å²) in [6, 6.07) is 7.87. The van der Waals surface area contributed by atoms with Crippen LogP contribution < -0.4 is 5.32 Å². The molecule has 2 aromatic rings. The Balaban J connectivity index is 1.93. The molecule has 2 rings (SSSR count). The average molecular weight is 337 g/mol. The summed E-state index contributed by atoms with van der Waals surface area (Å²) in [4.78, 5) is 12.1. The Bertz CT molecular complexity index is 639. The van der Waals surface area contributed by atoms with Crippen molar-refractivity contribution >= 4 is 28.9 Å². The minimum Gasteiger partial charge on any atom is -0.350 e. The van der Waals surface area contributed by atoms with E-state index in [0.717, 1.165) is 34.5 Å². The molecule has 0 saturated heterocycles. The number of rotatable bonds is 5. The van der Waals surface area contributed by atoms with Crippen molar-refractivity contribution in [3.05, 3.63) is 50.9 Å². The van der Waals surface area contributed by atoms with Gasteiger partial charge in [0.1, 0.15) is 5.01 Å². The van der Waals surface area contributed by atoms with E-state index >= 15 is 0 Å². The summed E-state index contributed by atoms with van der Waals surface area (Å²) in [5, 5.41) is 5.18. The van der Waals surface area contributed by atoms with Gasteiger partial charge in [-0.25, -0.2) is 4.98 Å². The topological polar surface area (TPSA) is 40.5 Å². The molecular weight excluding hydrogens is 316 g/mol. The van der Waals surface area contributed by atoms with Crippen LogP contribution in [0.5, 0.6) is 0 Å². The van der Waals surface area contributed by atoms with E-state index in [4.69, 9.17) is 11.6 Å². The van der Waals surface area contributed by atoms with Crippen molar-refractivity contribution in [1.29, 1.82) is 0 Å². The zero-order valence-electron chi connectivity index (χ0n) is 13.1. The number of aromatic nitrogens is 1. The second-order valence-electron chi connectivity index (χ2n) is 4.96. The maximum absolute atomic E-state index is 6.03. The third-order valence-electron chi connectivity index (χ3n) is 3.23. The van der Waals surface area contributed by atoms with Crippen LogP contribution in [-0.4, -0.2) is 29.9 Å². The molecule has 0 aliphatic heterocycles. The van der Waals surface area contributed by atoms with E-state index in [9.17, 15) is 0 Å². The van der Waals surface area contributed by atoms with Gasteiger partial charge in [-0.05, 0) is 24.1 Å². The first-order valence-electron chi connectivity index (χ1n) is 7.22. The molecule has 1 aromatic heterocycles. The van der Waals surface area contributed by atoms with Crippen molar-refractivity contribution in [2.75, 3.05) is 14.1 Å². The molecule has 0 spiro atoms. The Kier molecular flexibility index (Phi) is 6.21. The first kappa shape index (κ1) is 16.8. The lowest BCUT2D eigenvalue weighted by molar-refractivity contribution is 0.476. The predicted molar refractivity (Wildman–Crippen MR) is 94.6 cm³/mol. The summed E-state index contributed by atoms with van der Waals surface area (Å²) in [7, 11) is 3.80. The van der Waals surface area contributed by atoms with Crippen LogP contribution in [0.3, 0.4) is 0 Å². The molecule has 0 aliphatic rings. The monoisotopic (exact) mass is 336 g/mol. The first-order valence-corrected chi connectivity index (χ1v) is 8.41. The smallest absolute Gasteiger partial charge is 0.194 e. The molecule has 0 unspecified atom stereocenters. The van der Waals surface area contributed by atoms with Crippen LogP contribution in [0.4, 0.5) is 0 Å². The van der Waals surface area contributed by atoms with Gasteiger partial charge >= 0.3 is 0 Å². The van der Waals surface area contributed by atoms with E-state index in [2.05, 4.69) is 33.2 Å². The molecule has 0 aliphatic carbocycles. The Morgan fingerprint density at radius 2 is 2.27 bits per heavy atom. The van der Waals surface area contributed by atoms with Gasteiger partial charge in [-0.2, -0.15) is 0 Å². The van der Waals surface area contributed by atoms with Crippen LogP contribution in [-0.2, 0) is 19.5 Å². The molecular formula is C16H21ClN4S. The van der Waals surface area contributed by atoms with Gasteiger partial charge in [0.2, 0.25) is 0 Å². The van der Waals surface area contributed by atoms with Crippen molar-refractivity contribution in [1.82, 2.24) is 15.2 Å². The molecule has 0 bridgehead atoms. The first-order chi connectivity index (χ1) is 10.6. The van der Waals surface area contributed by atoms with Crippen molar-refractivity contribution in [2.24, 2.45) is 4.99 Å². The highest BCUT2D eigenvalue weighted by atomic mass is 35.5. The number of thiazole rings is 1. The maximum Gasteiger partial charge on any atom is 0.194 e. The SMILES string of the molecule is CCc1cnc(CNC(=NC)N(C)Cc2cccc(Cl)c2)s1. The number of aliphatic imine (C=N–C) groups is 1. The lowest BCUT2D eigenvalue weighted by Crippen LogP contribution is -2.38. The summed E-state index contributed by atoms with van der Waals surface area (Å²) in [6.45, 7) is 3.58. The summed E-state index contributed by atoms with van der Waals surface area (Å²) in [5.74, 6) is 0.841. The van der Waals surface area contributed by atoms with Gasteiger partial charge in [0.25, 0.3) is 0 Å².